The quantitative estimate of drug-likeness (QED) is 0.707. The minimum Gasteiger partial charge on any atom is -0.347 e. The molecule has 0 saturated heterocycles. The number of amides is 1. The Morgan fingerprint density at radius 1 is 1.21 bits per heavy atom. The maximum atomic E-state index is 13.1. The van der Waals surface area contributed by atoms with Crippen molar-refractivity contribution in [3.05, 3.63) is 82.1 Å². The van der Waals surface area contributed by atoms with Crippen LogP contribution in [0.25, 0.3) is 5.69 Å². The van der Waals surface area contributed by atoms with Crippen LogP contribution in [0.1, 0.15) is 21.6 Å². The smallest absolute Gasteiger partial charge is 0.270 e. The number of benzene rings is 2. The number of nitrogens with zero attached hydrogens (tertiary/aromatic N) is 1. The number of rotatable bonds is 4. The van der Waals surface area contributed by atoms with Crippen LogP contribution in [-0.4, -0.2) is 15.5 Å². The summed E-state index contributed by atoms with van der Waals surface area (Å²) in [6.45, 7) is 2.42. The maximum absolute atomic E-state index is 13.1. The number of hydrogen-bond acceptors (Lipinski definition) is 2. The fourth-order valence-corrected chi connectivity index (χ4v) is 2.72. The number of aromatic amines is 1. The van der Waals surface area contributed by atoms with Crippen molar-refractivity contribution in [1.82, 2.24) is 14.9 Å². The highest BCUT2D eigenvalue weighted by Gasteiger charge is 2.14. The van der Waals surface area contributed by atoms with Gasteiger partial charge in [-0.2, -0.15) is 0 Å². The summed E-state index contributed by atoms with van der Waals surface area (Å²) in [7, 11) is 0. The SMILES string of the molecule is Cc1ccccc1CNC(=O)c1c[nH]c(=S)n1-c1ccc(F)cc1. The van der Waals surface area contributed by atoms with Gasteiger partial charge in [-0.05, 0) is 54.5 Å². The van der Waals surface area contributed by atoms with Crippen molar-refractivity contribution >= 4 is 18.1 Å². The first kappa shape index (κ1) is 16.1. The van der Waals surface area contributed by atoms with E-state index in [1.54, 1.807) is 22.9 Å². The minimum absolute atomic E-state index is 0.255. The predicted molar refractivity (Wildman–Crippen MR) is 93.3 cm³/mol. The van der Waals surface area contributed by atoms with Gasteiger partial charge in [-0.3, -0.25) is 9.36 Å². The van der Waals surface area contributed by atoms with Gasteiger partial charge in [-0.1, -0.05) is 24.3 Å². The van der Waals surface area contributed by atoms with Crippen LogP contribution in [0.5, 0.6) is 0 Å². The summed E-state index contributed by atoms with van der Waals surface area (Å²) < 4.78 is 15.1. The second-order valence-corrected chi connectivity index (χ2v) is 5.79. The van der Waals surface area contributed by atoms with Crippen molar-refractivity contribution < 1.29 is 9.18 Å². The lowest BCUT2D eigenvalue weighted by molar-refractivity contribution is 0.0944. The van der Waals surface area contributed by atoms with Crippen molar-refractivity contribution in [3.63, 3.8) is 0 Å². The van der Waals surface area contributed by atoms with E-state index in [0.29, 0.717) is 22.7 Å². The van der Waals surface area contributed by atoms with Gasteiger partial charge in [0.15, 0.2) is 4.77 Å². The van der Waals surface area contributed by atoms with Gasteiger partial charge in [-0.15, -0.1) is 0 Å². The lowest BCUT2D eigenvalue weighted by atomic mass is 10.1. The van der Waals surface area contributed by atoms with E-state index < -0.39 is 0 Å². The summed E-state index contributed by atoms with van der Waals surface area (Å²) in [5.74, 6) is -0.596. The van der Waals surface area contributed by atoms with E-state index in [2.05, 4.69) is 10.3 Å². The molecule has 0 aliphatic rings. The Labute approximate surface area is 144 Å². The Hall–Kier alpha value is -2.73. The second kappa shape index (κ2) is 6.80. The Balaban J connectivity index is 1.85. The first-order valence-corrected chi connectivity index (χ1v) is 7.86. The van der Waals surface area contributed by atoms with E-state index in [9.17, 15) is 9.18 Å². The Kier molecular flexibility index (Phi) is 4.57. The molecule has 2 aromatic carbocycles. The highest BCUT2D eigenvalue weighted by Crippen LogP contribution is 2.14. The number of carbonyl (C=O) groups excluding carboxylic acids is 1. The van der Waals surface area contributed by atoms with Crippen molar-refractivity contribution in [1.29, 1.82) is 0 Å². The standard InChI is InChI=1S/C18H16FN3OS/c1-12-4-2-3-5-13(12)10-20-17(23)16-11-21-18(24)22(16)15-8-6-14(19)7-9-15/h2-9,11H,10H2,1H3,(H,20,23)(H,21,24). The van der Waals surface area contributed by atoms with Crippen LogP contribution in [-0.2, 0) is 6.54 Å². The van der Waals surface area contributed by atoms with Crippen LogP contribution < -0.4 is 5.32 Å². The zero-order chi connectivity index (χ0) is 17.1. The first-order valence-electron chi connectivity index (χ1n) is 7.45. The maximum Gasteiger partial charge on any atom is 0.270 e. The van der Waals surface area contributed by atoms with E-state index in [1.807, 2.05) is 31.2 Å². The molecule has 3 rings (SSSR count). The lowest BCUT2D eigenvalue weighted by Crippen LogP contribution is -2.25. The van der Waals surface area contributed by atoms with Gasteiger partial charge in [-0.25, -0.2) is 4.39 Å². The summed E-state index contributed by atoms with van der Waals surface area (Å²) in [5, 5.41) is 2.89. The van der Waals surface area contributed by atoms with E-state index in [4.69, 9.17) is 12.2 Å². The molecule has 3 aromatic rings. The topological polar surface area (TPSA) is 49.8 Å². The van der Waals surface area contributed by atoms with Crippen LogP contribution in [0.15, 0.2) is 54.7 Å². The van der Waals surface area contributed by atoms with Crippen LogP contribution in [0.4, 0.5) is 4.39 Å². The number of halogens is 1. The van der Waals surface area contributed by atoms with Crippen LogP contribution in [0.2, 0.25) is 0 Å². The first-order chi connectivity index (χ1) is 11.6. The molecule has 24 heavy (non-hydrogen) atoms. The number of carbonyl (C=O) groups is 1. The molecule has 6 heteroatoms. The van der Waals surface area contributed by atoms with E-state index in [0.717, 1.165) is 11.1 Å². The van der Waals surface area contributed by atoms with Crippen LogP contribution in [0, 0.1) is 17.5 Å². The molecule has 1 heterocycles. The third-order valence-corrected chi connectivity index (χ3v) is 4.09. The number of aryl methyl sites for hydroxylation is 1. The van der Waals surface area contributed by atoms with E-state index >= 15 is 0 Å². The minimum atomic E-state index is -0.341. The number of hydrogen-bond donors (Lipinski definition) is 2. The molecule has 0 unspecified atom stereocenters. The van der Waals surface area contributed by atoms with Gasteiger partial charge < -0.3 is 10.3 Å². The fourth-order valence-electron chi connectivity index (χ4n) is 2.46. The number of H-pyrrole nitrogens is 1. The summed E-state index contributed by atoms with van der Waals surface area (Å²) in [5.41, 5.74) is 3.17. The fraction of sp³-hybridized carbons (Fsp3) is 0.111. The van der Waals surface area contributed by atoms with Gasteiger partial charge in [0.1, 0.15) is 11.5 Å². The average molecular weight is 341 g/mol. The highest BCUT2D eigenvalue weighted by molar-refractivity contribution is 7.71. The third-order valence-electron chi connectivity index (χ3n) is 3.79. The Morgan fingerprint density at radius 3 is 2.62 bits per heavy atom. The molecule has 1 amide bonds. The Morgan fingerprint density at radius 2 is 1.92 bits per heavy atom. The molecule has 0 atom stereocenters. The van der Waals surface area contributed by atoms with Crippen molar-refractivity contribution in [3.8, 4) is 5.69 Å². The normalized spacial score (nSPS) is 10.6. The van der Waals surface area contributed by atoms with Crippen LogP contribution in [0.3, 0.4) is 0 Å². The summed E-state index contributed by atoms with van der Waals surface area (Å²) in [6.07, 6.45) is 1.55. The van der Waals surface area contributed by atoms with Gasteiger partial charge in [0.2, 0.25) is 0 Å². The predicted octanol–water partition coefficient (Wildman–Crippen LogP) is 3.91. The third kappa shape index (κ3) is 3.28. The number of nitrogens with one attached hydrogen (secondary N) is 2. The molecule has 0 fully saturated rings. The zero-order valence-corrected chi connectivity index (χ0v) is 13.9. The molecule has 0 radical (unpaired) electrons. The molecule has 2 N–H and O–H groups in total. The molecule has 122 valence electrons. The molecular formula is C18H16FN3OS. The summed E-state index contributed by atoms with van der Waals surface area (Å²) in [6, 6.07) is 13.7. The van der Waals surface area contributed by atoms with Gasteiger partial charge in [0, 0.05) is 18.4 Å². The lowest BCUT2D eigenvalue weighted by Gasteiger charge is -2.10. The van der Waals surface area contributed by atoms with Crippen molar-refractivity contribution in [2.45, 2.75) is 13.5 Å². The molecule has 0 aliphatic heterocycles. The van der Waals surface area contributed by atoms with Crippen molar-refractivity contribution in [2.24, 2.45) is 0 Å². The molecule has 4 nitrogen and oxygen atoms in total. The molecule has 0 aliphatic carbocycles. The highest BCUT2D eigenvalue weighted by atomic mass is 32.1. The van der Waals surface area contributed by atoms with E-state index in [1.165, 1.54) is 12.1 Å². The summed E-state index contributed by atoms with van der Waals surface area (Å²) >= 11 is 5.24. The second-order valence-electron chi connectivity index (χ2n) is 5.40. The van der Waals surface area contributed by atoms with E-state index in [-0.39, 0.29) is 11.7 Å². The van der Waals surface area contributed by atoms with Crippen molar-refractivity contribution in [2.75, 3.05) is 0 Å². The molecule has 0 saturated carbocycles. The monoisotopic (exact) mass is 341 g/mol. The number of aromatic nitrogens is 2. The Bertz CT molecular complexity index is 928. The zero-order valence-electron chi connectivity index (χ0n) is 13.0. The van der Waals surface area contributed by atoms with Gasteiger partial charge in [0.25, 0.3) is 5.91 Å². The van der Waals surface area contributed by atoms with Gasteiger partial charge in [0.05, 0.1) is 0 Å². The molecule has 1 aromatic heterocycles. The molecule has 0 spiro atoms. The average Bonchev–Trinajstić information content (AvgIpc) is 2.96. The van der Waals surface area contributed by atoms with Gasteiger partial charge >= 0.3 is 0 Å². The molecular weight excluding hydrogens is 325 g/mol. The van der Waals surface area contributed by atoms with Crippen LogP contribution >= 0.6 is 12.2 Å². The summed E-state index contributed by atoms with van der Waals surface area (Å²) in [4.78, 5) is 15.4. The molecule has 0 bridgehead atoms. The number of imidazole rings is 1. The largest absolute Gasteiger partial charge is 0.347 e.